The second-order valence-electron chi connectivity index (χ2n) is 14.0. The summed E-state index contributed by atoms with van der Waals surface area (Å²) < 4.78 is 0. The number of halogens is 1. The molecule has 1 N–H and O–H groups in total. The van der Waals surface area contributed by atoms with Crippen molar-refractivity contribution in [2.75, 3.05) is 19.6 Å². The van der Waals surface area contributed by atoms with Crippen molar-refractivity contribution in [2.45, 2.75) is 239 Å². The van der Waals surface area contributed by atoms with E-state index in [1.807, 2.05) is 4.90 Å². The fourth-order valence-electron chi connectivity index (χ4n) is 6.65. The molecule has 0 aliphatic rings. The molecular formula is C40H84BrN. The molecule has 256 valence electrons. The number of rotatable bonds is 37. The van der Waals surface area contributed by atoms with E-state index in [4.69, 9.17) is 0 Å². The van der Waals surface area contributed by atoms with Crippen molar-refractivity contribution in [2.24, 2.45) is 0 Å². The molecule has 0 fully saturated rings. The van der Waals surface area contributed by atoms with E-state index in [1.165, 1.54) is 238 Å². The van der Waals surface area contributed by atoms with E-state index in [-0.39, 0.29) is 17.0 Å². The van der Waals surface area contributed by atoms with E-state index < -0.39 is 0 Å². The molecule has 0 radical (unpaired) electrons. The molecule has 0 bridgehead atoms. The zero-order valence-corrected chi connectivity index (χ0v) is 31.6. The average molecular weight is 659 g/mol. The zero-order chi connectivity index (χ0) is 29.7. The Morgan fingerprint density at radius 2 is 0.381 bits per heavy atom. The summed E-state index contributed by atoms with van der Waals surface area (Å²) in [5.74, 6) is 0. The Kier molecular flexibility index (Phi) is 44.0. The molecule has 0 saturated heterocycles. The molecule has 0 aromatic heterocycles. The number of nitrogens with one attached hydrogen (secondary N) is 1. The molecule has 1 nitrogen and oxygen atoms in total. The van der Waals surface area contributed by atoms with Crippen molar-refractivity contribution >= 4 is 0 Å². The predicted octanol–water partition coefficient (Wildman–Crippen LogP) is 10.2. The third-order valence-corrected chi connectivity index (χ3v) is 9.65. The van der Waals surface area contributed by atoms with Gasteiger partial charge in [0.15, 0.2) is 0 Å². The lowest BCUT2D eigenvalue weighted by atomic mass is 10.0. The molecule has 0 aromatic carbocycles. The molecule has 0 saturated carbocycles. The molecule has 0 unspecified atom stereocenters. The lowest BCUT2D eigenvalue weighted by Gasteiger charge is -2.19. The van der Waals surface area contributed by atoms with Crippen molar-refractivity contribution in [1.29, 1.82) is 0 Å². The van der Waals surface area contributed by atoms with Crippen molar-refractivity contribution in [3.63, 3.8) is 0 Å². The Hall–Kier alpha value is 0.440. The second kappa shape index (κ2) is 41.4. The van der Waals surface area contributed by atoms with Gasteiger partial charge in [-0.2, -0.15) is 0 Å². The molecule has 2 heteroatoms. The van der Waals surface area contributed by atoms with Gasteiger partial charge in [-0.1, -0.05) is 207 Å². The van der Waals surface area contributed by atoms with Crippen LogP contribution in [0.2, 0.25) is 0 Å². The van der Waals surface area contributed by atoms with Gasteiger partial charge in [-0.3, -0.25) is 0 Å². The summed E-state index contributed by atoms with van der Waals surface area (Å²) in [4.78, 5) is 1.92. The predicted molar refractivity (Wildman–Crippen MR) is 190 cm³/mol. The number of hydrogen-bond donors (Lipinski definition) is 1. The van der Waals surface area contributed by atoms with E-state index in [1.54, 1.807) is 0 Å². The second-order valence-corrected chi connectivity index (χ2v) is 14.0. The average Bonchev–Trinajstić information content (AvgIpc) is 2.98. The van der Waals surface area contributed by atoms with Gasteiger partial charge in [-0.25, -0.2) is 0 Å². The van der Waals surface area contributed by atoms with Crippen molar-refractivity contribution in [3.05, 3.63) is 0 Å². The third-order valence-electron chi connectivity index (χ3n) is 9.65. The monoisotopic (exact) mass is 658 g/mol. The number of hydrogen-bond acceptors (Lipinski definition) is 0. The fraction of sp³-hybridized carbons (Fsp3) is 1.00. The Labute approximate surface area is 279 Å². The highest BCUT2D eigenvalue weighted by Gasteiger charge is 2.07. The molecule has 0 rings (SSSR count). The SMILES string of the molecule is CCCCCCCCCCCCCCCCCC[NH+](CCCC)CCCCCCCCCCCCCCCCCC.[Br-]. The van der Waals surface area contributed by atoms with Crippen LogP contribution in [0.15, 0.2) is 0 Å². The summed E-state index contributed by atoms with van der Waals surface area (Å²) in [7, 11) is 0. The first-order valence-electron chi connectivity index (χ1n) is 20.2. The van der Waals surface area contributed by atoms with Gasteiger partial charge in [0.2, 0.25) is 0 Å². The molecule has 0 amide bonds. The van der Waals surface area contributed by atoms with Crippen LogP contribution in [0.5, 0.6) is 0 Å². The summed E-state index contributed by atoms with van der Waals surface area (Å²) in [5.41, 5.74) is 0. The van der Waals surface area contributed by atoms with Gasteiger partial charge in [-0.15, -0.1) is 0 Å². The van der Waals surface area contributed by atoms with Gasteiger partial charge < -0.3 is 21.9 Å². The van der Waals surface area contributed by atoms with Crippen LogP contribution >= 0.6 is 0 Å². The van der Waals surface area contributed by atoms with Crippen LogP contribution < -0.4 is 21.9 Å². The van der Waals surface area contributed by atoms with Crippen molar-refractivity contribution in [1.82, 2.24) is 0 Å². The van der Waals surface area contributed by atoms with Crippen LogP contribution in [0, 0.1) is 0 Å². The van der Waals surface area contributed by atoms with E-state index >= 15 is 0 Å². The highest BCUT2D eigenvalue weighted by atomic mass is 79.9. The normalized spacial score (nSPS) is 11.4. The third kappa shape index (κ3) is 38.5. The molecule has 0 atom stereocenters. The summed E-state index contributed by atoms with van der Waals surface area (Å²) in [6.45, 7) is 11.3. The minimum Gasteiger partial charge on any atom is -1.00 e. The van der Waals surface area contributed by atoms with E-state index in [9.17, 15) is 0 Å². The molecule has 0 aliphatic heterocycles. The first-order valence-corrected chi connectivity index (χ1v) is 20.2. The van der Waals surface area contributed by atoms with Crippen molar-refractivity contribution in [3.8, 4) is 0 Å². The van der Waals surface area contributed by atoms with Gasteiger partial charge in [0, 0.05) is 0 Å². The topological polar surface area (TPSA) is 4.44 Å². The fourth-order valence-corrected chi connectivity index (χ4v) is 6.65. The van der Waals surface area contributed by atoms with Crippen LogP contribution in [0.3, 0.4) is 0 Å². The van der Waals surface area contributed by atoms with Crippen molar-refractivity contribution < 1.29 is 21.9 Å². The summed E-state index contributed by atoms with van der Waals surface area (Å²) >= 11 is 0. The van der Waals surface area contributed by atoms with E-state index in [2.05, 4.69) is 20.8 Å². The Bertz CT molecular complexity index is 403. The lowest BCUT2D eigenvalue weighted by molar-refractivity contribution is -0.900. The highest BCUT2D eigenvalue weighted by molar-refractivity contribution is 4.52. The Balaban J connectivity index is 0. The highest BCUT2D eigenvalue weighted by Crippen LogP contribution is 2.15. The summed E-state index contributed by atoms with van der Waals surface area (Å²) in [5, 5.41) is 0. The molecular weight excluding hydrogens is 574 g/mol. The molecule has 0 heterocycles. The Morgan fingerprint density at radius 3 is 0.595 bits per heavy atom. The van der Waals surface area contributed by atoms with Crippen LogP contribution in [-0.2, 0) is 0 Å². The lowest BCUT2D eigenvalue weighted by Crippen LogP contribution is -3.12. The van der Waals surface area contributed by atoms with Gasteiger partial charge in [0.1, 0.15) is 0 Å². The maximum atomic E-state index is 2.36. The summed E-state index contributed by atoms with van der Waals surface area (Å²) in [6, 6.07) is 0. The maximum absolute atomic E-state index is 2.36. The summed E-state index contributed by atoms with van der Waals surface area (Å²) in [6.07, 6.45) is 50.0. The molecule has 0 aliphatic carbocycles. The first kappa shape index (κ1) is 44.6. The van der Waals surface area contributed by atoms with Gasteiger partial charge >= 0.3 is 0 Å². The standard InChI is InChI=1S/C40H83N.BrH/c1-4-7-10-12-14-16-18-20-22-24-26-28-30-32-34-36-39-41(38-9-6-3)40-37-35-33-31-29-27-25-23-21-19-17-15-13-11-8-5-2;/h4-40H2,1-3H3;1H. The number of quaternary nitrogens is 1. The van der Waals surface area contributed by atoms with Gasteiger partial charge in [0.25, 0.3) is 0 Å². The Morgan fingerprint density at radius 1 is 0.214 bits per heavy atom. The van der Waals surface area contributed by atoms with Crippen LogP contribution in [0.25, 0.3) is 0 Å². The minimum absolute atomic E-state index is 0. The molecule has 0 aromatic rings. The van der Waals surface area contributed by atoms with Crippen LogP contribution in [-0.4, -0.2) is 19.6 Å². The zero-order valence-electron chi connectivity index (χ0n) is 30.0. The van der Waals surface area contributed by atoms with E-state index in [0.717, 1.165) is 0 Å². The maximum Gasteiger partial charge on any atom is 0.0770 e. The van der Waals surface area contributed by atoms with Gasteiger partial charge in [-0.05, 0) is 32.1 Å². The molecule has 42 heavy (non-hydrogen) atoms. The van der Waals surface area contributed by atoms with Gasteiger partial charge in [0.05, 0.1) is 19.6 Å². The quantitative estimate of drug-likeness (QED) is 0.0634. The molecule has 0 spiro atoms. The van der Waals surface area contributed by atoms with E-state index in [0.29, 0.717) is 0 Å². The van der Waals surface area contributed by atoms with Crippen LogP contribution in [0.1, 0.15) is 239 Å². The number of unbranched alkanes of at least 4 members (excludes halogenated alkanes) is 31. The van der Waals surface area contributed by atoms with Crippen LogP contribution in [0.4, 0.5) is 0 Å². The largest absolute Gasteiger partial charge is 1.00 e. The minimum atomic E-state index is 0. The first-order chi connectivity index (χ1) is 20.3. The smallest absolute Gasteiger partial charge is 0.0770 e.